The first-order valence-electron chi connectivity index (χ1n) is 24.9. The van der Waals surface area contributed by atoms with Crippen molar-refractivity contribution in [2.45, 2.75) is 84.7 Å². The number of carboxylic acids is 2. The van der Waals surface area contributed by atoms with Gasteiger partial charge in [-0.3, -0.25) is 38.8 Å². The van der Waals surface area contributed by atoms with Gasteiger partial charge in [0, 0.05) is 108 Å². The van der Waals surface area contributed by atoms with Gasteiger partial charge in [0.15, 0.2) is 5.69 Å². The zero-order chi connectivity index (χ0) is 53.3. The molecule has 0 radical (unpaired) electrons. The standard InChI is InChI=1S/C50H72F3N11O9/c1-7-36-31-63(48(71)38-12-15-43(72-8-2)58-46(38)50(51,52)53)25-26-64(36)41-14-13-39(37-11-10-16-54-47(37)73-9-3)57-40(41)30-55-49(5,6)29-35(4)56-42(66)32-60-19-17-59(27-28-65)18-20-61(33-44(67)68)23-24-62(22-21-60)34-45(69)70/h10-16,28,35-36,55H,7-9,17-27,29-34H2,1-6H3,(H,56,66)(H,67,68)(H,69,70). The highest BCUT2D eigenvalue weighted by atomic mass is 19.4. The first-order valence-corrected chi connectivity index (χ1v) is 24.9. The number of alkyl halides is 3. The first kappa shape index (κ1) is 57.9. The predicted octanol–water partition coefficient (Wildman–Crippen LogP) is 3.45. The van der Waals surface area contributed by atoms with Crippen LogP contribution in [-0.2, 0) is 31.9 Å². The highest BCUT2D eigenvalue weighted by Gasteiger charge is 2.40. The maximum atomic E-state index is 14.2. The highest BCUT2D eigenvalue weighted by Crippen LogP contribution is 2.35. The van der Waals surface area contributed by atoms with Gasteiger partial charge in [0.2, 0.25) is 17.7 Å². The average Bonchev–Trinajstić information content (AvgIpc) is 3.33. The maximum absolute atomic E-state index is 14.2. The lowest BCUT2D eigenvalue weighted by atomic mass is 9.95. The number of aliphatic carboxylic acids is 2. The van der Waals surface area contributed by atoms with Crippen molar-refractivity contribution in [1.29, 1.82) is 0 Å². The van der Waals surface area contributed by atoms with Gasteiger partial charge in [0.05, 0.1) is 67.6 Å². The van der Waals surface area contributed by atoms with Crippen LogP contribution in [0.25, 0.3) is 11.3 Å². The molecule has 2 aliphatic heterocycles. The lowest BCUT2D eigenvalue weighted by molar-refractivity contribution is -0.142. The van der Waals surface area contributed by atoms with Crippen LogP contribution in [0.4, 0.5) is 18.9 Å². The molecule has 402 valence electrons. The molecular weight excluding hydrogens is 956 g/mol. The largest absolute Gasteiger partial charge is 0.480 e. The van der Waals surface area contributed by atoms with Crippen LogP contribution in [0.5, 0.6) is 11.8 Å². The van der Waals surface area contributed by atoms with Crippen LogP contribution < -0.4 is 25.0 Å². The Morgan fingerprint density at radius 2 is 1.42 bits per heavy atom. The molecule has 3 aromatic rings. The fourth-order valence-electron chi connectivity index (χ4n) is 9.27. The summed E-state index contributed by atoms with van der Waals surface area (Å²) in [6.45, 7) is 15.4. The van der Waals surface area contributed by atoms with E-state index in [-0.39, 0.29) is 76.3 Å². The second-order valence-electron chi connectivity index (χ2n) is 18.9. The number of carboxylic acid groups (broad SMARTS) is 2. The van der Waals surface area contributed by atoms with Gasteiger partial charge in [0.1, 0.15) is 6.29 Å². The minimum atomic E-state index is -4.88. The van der Waals surface area contributed by atoms with Gasteiger partial charge in [-0.05, 0) is 77.8 Å². The Morgan fingerprint density at radius 1 is 0.808 bits per heavy atom. The number of hydrogen-bond acceptors (Lipinski definition) is 16. The summed E-state index contributed by atoms with van der Waals surface area (Å²) in [6.07, 6.45) is -1.39. The number of pyridine rings is 3. The highest BCUT2D eigenvalue weighted by molar-refractivity contribution is 5.96. The Hall–Kier alpha value is -6.01. The molecule has 2 amide bonds. The number of nitrogens with zero attached hydrogens (tertiary/aromatic N) is 9. The van der Waals surface area contributed by atoms with Crippen molar-refractivity contribution in [2.75, 3.05) is 116 Å². The minimum Gasteiger partial charge on any atom is -0.480 e. The van der Waals surface area contributed by atoms with Gasteiger partial charge in [-0.25, -0.2) is 15.0 Å². The van der Waals surface area contributed by atoms with Crippen molar-refractivity contribution in [1.82, 2.24) is 50.1 Å². The smallest absolute Gasteiger partial charge is 0.434 e. The Bertz CT molecular complexity index is 2330. The molecule has 5 rings (SSSR count). The van der Waals surface area contributed by atoms with E-state index in [4.69, 9.17) is 14.5 Å². The number of piperazine rings is 1. The van der Waals surface area contributed by atoms with Crippen molar-refractivity contribution >= 4 is 35.7 Å². The summed E-state index contributed by atoms with van der Waals surface area (Å²) in [7, 11) is 0. The molecule has 23 heteroatoms. The topological polar surface area (TPSA) is 226 Å². The summed E-state index contributed by atoms with van der Waals surface area (Å²) in [4.78, 5) is 86.6. The van der Waals surface area contributed by atoms with Gasteiger partial charge in [0.25, 0.3) is 5.91 Å². The predicted molar refractivity (Wildman–Crippen MR) is 267 cm³/mol. The van der Waals surface area contributed by atoms with Crippen LogP contribution in [0.2, 0.25) is 0 Å². The fourth-order valence-corrected chi connectivity index (χ4v) is 9.27. The van der Waals surface area contributed by atoms with Crippen molar-refractivity contribution in [3.8, 4) is 23.0 Å². The van der Waals surface area contributed by atoms with E-state index in [2.05, 4.69) is 25.5 Å². The summed E-state index contributed by atoms with van der Waals surface area (Å²) in [5, 5.41) is 25.9. The molecule has 20 nitrogen and oxygen atoms in total. The molecule has 4 N–H and O–H groups in total. The molecule has 2 unspecified atom stereocenters. The third-order valence-corrected chi connectivity index (χ3v) is 12.8. The molecule has 0 saturated carbocycles. The molecule has 0 bridgehead atoms. The number of hydrogen-bond donors (Lipinski definition) is 4. The Morgan fingerprint density at radius 3 is 2.00 bits per heavy atom. The normalized spacial score (nSPS) is 17.8. The number of rotatable bonds is 22. The van der Waals surface area contributed by atoms with E-state index in [9.17, 15) is 47.4 Å². The number of aromatic nitrogens is 3. The van der Waals surface area contributed by atoms with Crippen LogP contribution in [0.15, 0.2) is 42.6 Å². The van der Waals surface area contributed by atoms with Gasteiger partial charge >= 0.3 is 18.1 Å². The van der Waals surface area contributed by atoms with Gasteiger partial charge in [-0.1, -0.05) is 6.92 Å². The van der Waals surface area contributed by atoms with E-state index in [0.29, 0.717) is 101 Å². The summed E-state index contributed by atoms with van der Waals surface area (Å²) in [6, 6.07) is 9.32. The molecule has 2 saturated heterocycles. The van der Waals surface area contributed by atoms with Crippen molar-refractivity contribution in [2.24, 2.45) is 0 Å². The van der Waals surface area contributed by atoms with E-state index in [0.717, 1.165) is 18.0 Å². The molecule has 0 aliphatic carbocycles. The molecule has 73 heavy (non-hydrogen) atoms. The summed E-state index contributed by atoms with van der Waals surface area (Å²) in [5.74, 6) is -2.81. The molecular formula is C50H72F3N11O9. The second kappa shape index (κ2) is 27.3. The van der Waals surface area contributed by atoms with E-state index >= 15 is 0 Å². The second-order valence-corrected chi connectivity index (χ2v) is 18.9. The SMILES string of the molecule is CCOc1ccc(C(=O)N2CCN(c3ccc(-c4cccnc4OCC)nc3CNC(C)(C)CC(C)NC(=O)CN3CCN(CC=O)CCN(CC(=O)O)CCN(CC(=O)O)CC3)C(CC)C2)c(C(F)(F)F)n1. The van der Waals surface area contributed by atoms with Gasteiger partial charge in [-0.2, -0.15) is 13.2 Å². The third-order valence-electron chi connectivity index (χ3n) is 12.8. The van der Waals surface area contributed by atoms with E-state index in [1.165, 1.54) is 11.0 Å². The Labute approximate surface area is 425 Å². The minimum absolute atomic E-state index is 0.0232. The number of ether oxygens (including phenoxy) is 2. The zero-order valence-corrected chi connectivity index (χ0v) is 42.8. The van der Waals surface area contributed by atoms with E-state index in [1.807, 2.05) is 62.6 Å². The fraction of sp³-hybridized carbons (Fsp3) is 0.600. The molecule has 0 aromatic carbocycles. The first-order chi connectivity index (χ1) is 34.7. The monoisotopic (exact) mass is 1030 g/mol. The lowest BCUT2D eigenvalue weighted by Crippen LogP contribution is -2.55. The maximum Gasteiger partial charge on any atom is 0.434 e. The number of nitrogens with one attached hydrogen (secondary N) is 2. The number of carbonyl (C=O) groups is 5. The van der Waals surface area contributed by atoms with E-state index < -0.39 is 40.8 Å². The van der Waals surface area contributed by atoms with Crippen molar-refractivity contribution in [3.63, 3.8) is 0 Å². The third kappa shape index (κ3) is 17.6. The molecule has 2 aliphatic rings. The van der Waals surface area contributed by atoms with Crippen LogP contribution >= 0.6 is 0 Å². The van der Waals surface area contributed by atoms with E-state index in [1.54, 1.807) is 29.0 Å². The number of carbonyl (C=O) groups excluding carboxylic acids is 3. The number of amides is 2. The molecule has 2 fully saturated rings. The molecule has 0 spiro atoms. The zero-order valence-electron chi connectivity index (χ0n) is 42.8. The summed E-state index contributed by atoms with van der Waals surface area (Å²) >= 11 is 0. The van der Waals surface area contributed by atoms with Gasteiger partial charge < -0.3 is 44.9 Å². The number of aldehydes is 1. The average molecular weight is 1030 g/mol. The van der Waals surface area contributed by atoms with Gasteiger partial charge in [-0.15, -0.1) is 0 Å². The summed E-state index contributed by atoms with van der Waals surface area (Å²) in [5.41, 5.74) is 0.348. The molecule has 2 atom stereocenters. The van der Waals surface area contributed by atoms with Crippen LogP contribution in [0, 0.1) is 0 Å². The number of anilines is 1. The van der Waals surface area contributed by atoms with Crippen LogP contribution in [0.3, 0.4) is 0 Å². The van der Waals surface area contributed by atoms with Crippen LogP contribution in [-0.4, -0.2) is 209 Å². The van der Waals surface area contributed by atoms with Crippen molar-refractivity contribution < 1.29 is 56.8 Å². The Balaban J connectivity index is 1.31. The number of halogens is 3. The quantitative estimate of drug-likeness (QED) is 0.106. The lowest BCUT2D eigenvalue weighted by Gasteiger charge is -2.43. The molecule has 3 aromatic heterocycles. The van der Waals surface area contributed by atoms with Crippen LogP contribution in [0.1, 0.15) is 76.1 Å². The Kier molecular flexibility index (Phi) is 21.7. The van der Waals surface area contributed by atoms with Crippen molar-refractivity contribution in [3.05, 3.63) is 59.5 Å². The molecule has 5 heterocycles. The summed E-state index contributed by atoms with van der Waals surface area (Å²) < 4.78 is 53.8.